The van der Waals surface area contributed by atoms with E-state index < -0.39 is 6.10 Å². The smallest absolute Gasteiger partial charge is 0.305 e. The lowest BCUT2D eigenvalue weighted by Gasteiger charge is -2.20. The lowest BCUT2D eigenvalue weighted by atomic mass is 10.0. The van der Waals surface area contributed by atoms with Gasteiger partial charge in [0.25, 0.3) is 0 Å². The number of unbranched alkanes of at least 4 members (excludes halogenated alkanes) is 24. The zero-order valence-corrected chi connectivity index (χ0v) is 39.8. The lowest BCUT2D eigenvalue weighted by molar-refractivity contribution is -0.153. The van der Waals surface area contributed by atoms with Crippen molar-refractivity contribution in [1.82, 2.24) is 0 Å². The molecule has 0 aromatic heterocycles. The first-order valence-electron chi connectivity index (χ1n) is 25.4. The van der Waals surface area contributed by atoms with Crippen molar-refractivity contribution in [3.05, 3.63) is 73.1 Å². The molecule has 0 bridgehead atoms. The molecule has 0 saturated carbocycles. The molecule has 0 N–H and O–H groups in total. The maximum atomic E-state index is 12.6. The number of rotatable bonds is 46. The molecule has 0 aliphatic heterocycles. The van der Waals surface area contributed by atoms with Crippen LogP contribution in [-0.2, 0) is 23.8 Å². The van der Waals surface area contributed by atoms with Crippen LogP contribution in [0, 0.1) is 0 Å². The van der Waals surface area contributed by atoms with E-state index in [-0.39, 0.29) is 25.2 Å². The molecule has 0 aliphatic rings. The third kappa shape index (κ3) is 46.2. The normalized spacial score (nSPS) is 12.5. The van der Waals surface area contributed by atoms with Crippen LogP contribution in [0.3, 0.4) is 0 Å². The third-order valence-corrected chi connectivity index (χ3v) is 10.9. The molecule has 0 amide bonds. The third-order valence-electron chi connectivity index (χ3n) is 10.9. The number of esters is 2. The first kappa shape index (κ1) is 57.2. The summed E-state index contributed by atoms with van der Waals surface area (Å²) >= 11 is 0. The highest BCUT2D eigenvalue weighted by Gasteiger charge is 2.17. The molecule has 1 unspecified atom stereocenters. The summed E-state index contributed by atoms with van der Waals surface area (Å²) in [6, 6.07) is 0. The van der Waals surface area contributed by atoms with Gasteiger partial charge in [0, 0.05) is 19.3 Å². The molecule has 0 radical (unpaired) electrons. The van der Waals surface area contributed by atoms with Gasteiger partial charge in [-0.1, -0.05) is 217 Å². The first-order chi connectivity index (χ1) is 29.5. The molecule has 5 heteroatoms. The molecule has 0 spiro atoms. The van der Waals surface area contributed by atoms with Crippen LogP contribution < -0.4 is 0 Å². The van der Waals surface area contributed by atoms with E-state index in [1.54, 1.807) is 0 Å². The fourth-order valence-corrected chi connectivity index (χ4v) is 7.05. The fraction of sp³-hybridized carbons (Fsp3) is 0.745. The Balaban J connectivity index is 4.42. The van der Waals surface area contributed by atoms with Crippen LogP contribution >= 0.6 is 0 Å². The molecule has 1 atom stereocenters. The average molecular weight is 837 g/mol. The molecule has 0 rings (SSSR count). The quantitative estimate of drug-likeness (QED) is 0.0264. The molecule has 346 valence electrons. The predicted molar refractivity (Wildman–Crippen MR) is 260 cm³/mol. The molecular weight excluding hydrogens is 741 g/mol. The summed E-state index contributed by atoms with van der Waals surface area (Å²) in [7, 11) is 0. The largest absolute Gasteiger partial charge is 0.488 e. The topological polar surface area (TPSA) is 61.8 Å². The number of allylic oxidation sites excluding steroid dienone is 11. The van der Waals surface area contributed by atoms with E-state index in [4.69, 9.17) is 14.2 Å². The first-order valence-corrected chi connectivity index (χ1v) is 25.4. The Morgan fingerprint density at radius 3 is 1.15 bits per heavy atom. The maximum absolute atomic E-state index is 12.6. The molecule has 0 heterocycles. The van der Waals surface area contributed by atoms with Crippen LogP contribution in [0.15, 0.2) is 73.1 Å². The van der Waals surface area contributed by atoms with Gasteiger partial charge in [0.1, 0.15) is 13.2 Å². The van der Waals surface area contributed by atoms with Gasteiger partial charge in [0.05, 0.1) is 5.76 Å². The minimum absolute atomic E-state index is 0.0726. The van der Waals surface area contributed by atoms with Gasteiger partial charge >= 0.3 is 11.9 Å². The van der Waals surface area contributed by atoms with Crippen LogP contribution in [0.25, 0.3) is 0 Å². The van der Waals surface area contributed by atoms with Crippen molar-refractivity contribution in [3.63, 3.8) is 0 Å². The molecule has 0 fully saturated rings. The van der Waals surface area contributed by atoms with Gasteiger partial charge in [-0.15, -0.1) is 0 Å². The maximum Gasteiger partial charge on any atom is 0.305 e. The second kappa shape index (κ2) is 48.8. The monoisotopic (exact) mass is 837 g/mol. The minimum atomic E-state index is -0.536. The molecule has 0 aromatic rings. The number of hydrogen-bond acceptors (Lipinski definition) is 5. The summed E-state index contributed by atoms with van der Waals surface area (Å²) < 4.78 is 17.4. The van der Waals surface area contributed by atoms with Gasteiger partial charge in [-0.2, -0.15) is 0 Å². The summed E-state index contributed by atoms with van der Waals surface area (Å²) in [4.78, 5) is 25.3. The van der Waals surface area contributed by atoms with Crippen molar-refractivity contribution in [3.8, 4) is 0 Å². The summed E-state index contributed by atoms with van der Waals surface area (Å²) in [5.41, 5.74) is 0. The van der Waals surface area contributed by atoms with Crippen molar-refractivity contribution in [2.45, 2.75) is 252 Å². The summed E-state index contributed by atoms with van der Waals surface area (Å²) in [6.45, 7) is 11.0. The number of ether oxygens (including phenoxy) is 3. The molecular formula is C55H96O5. The summed E-state index contributed by atoms with van der Waals surface area (Å²) in [6.07, 6.45) is 61.4. The molecule has 60 heavy (non-hydrogen) atoms. The van der Waals surface area contributed by atoms with Crippen LogP contribution in [0.4, 0.5) is 0 Å². The highest BCUT2D eigenvalue weighted by molar-refractivity contribution is 5.69. The summed E-state index contributed by atoms with van der Waals surface area (Å²) in [5, 5.41) is 0. The van der Waals surface area contributed by atoms with E-state index in [0.717, 1.165) is 89.9 Å². The van der Waals surface area contributed by atoms with E-state index in [1.165, 1.54) is 122 Å². The fourth-order valence-electron chi connectivity index (χ4n) is 7.05. The van der Waals surface area contributed by atoms with Crippen molar-refractivity contribution in [2.24, 2.45) is 0 Å². The number of hydrogen-bond donors (Lipinski definition) is 0. The van der Waals surface area contributed by atoms with E-state index >= 15 is 0 Å². The molecule has 5 nitrogen and oxygen atoms in total. The van der Waals surface area contributed by atoms with Crippen LogP contribution in [0.2, 0.25) is 0 Å². The predicted octanol–water partition coefficient (Wildman–Crippen LogP) is 17.5. The van der Waals surface area contributed by atoms with Crippen molar-refractivity contribution in [1.29, 1.82) is 0 Å². The Hall–Kier alpha value is -2.82. The van der Waals surface area contributed by atoms with Crippen LogP contribution in [-0.4, -0.2) is 31.3 Å². The second-order valence-corrected chi connectivity index (χ2v) is 16.9. The van der Waals surface area contributed by atoms with Gasteiger partial charge in [0.15, 0.2) is 6.10 Å². The molecule has 0 aromatic carbocycles. The number of carbonyl (C=O) groups excluding carboxylic acids is 2. The lowest BCUT2D eigenvalue weighted by Crippen LogP contribution is -2.28. The minimum Gasteiger partial charge on any atom is -0.488 e. The van der Waals surface area contributed by atoms with E-state index in [9.17, 15) is 9.59 Å². The van der Waals surface area contributed by atoms with Gasteiger partial charge in [0.2, 0.25) is 0 Å². The standard InChI is InChI=1S/C55H96O5/c1-5-8-11-14-17-20-23-26-28-30-32-35-38-41-44-47-52(4)60-53(50-58-54(56)48-45-42-39-36-33-29-25-22-19-16-13-10-7-3)51-59-55(57)49-46-43-40-37-34-31-27-24-21-18-15-12-9-6-2/h8,11,15,17-18,20,24,26-28,53H,4-7,9-10,12-14,16,19,21-23,25,29-51H2,1-3H3/b11-8-,18-15-,20-17-,27-24-,28-26-. The highest BCUT2D eigenvalue weighted by atomic mass is 16.6. The van der Waals surface area contributed by atoms with E-state index in [2.05, 4.69) is 88.1 Å². The molecule has 0 saturated heterocycles. The van der Waals surface area contributed by atoms with Gasteiger partial charge in [-0.25, -0.2) is 0 Å². The summed E-state index contributed by atoms with van der Waals surface area (Å²) in [5.74, 6) is 0.251. The SMILES string of the molecule is C=C(CCCCCCC/C=C\C/C=C\C/C=C\CC)OC(COC(=O)CCCCCCC/C=C\C/C=C\CCCC)COC(=O)CCCCCCCCCCCCCCC. The zero-order valence-electron chi connectivity index (χ0n) is 39.8. The second-order valence-electron chi connectivity index (χ2n) is 16.9. The van der Waals surface area contributed by atoms with Gasteiger partial charge in [-0.3, -0.25) is 9.59 Å². The zero-order chi connectivity index (χ0) is 43.7. The van der Waals surface area contributed by atoms with Gasteiger partial charge < -0.3 is 14.2 Å². The van der Waals surface area contributed by atoms with Crippen LogP contribution in [0.5, 0.6) is 0 Å². The van der Waals surface area contributed by atoms with Crippen molar-refractivity contribution in [2.75, 3.05) is 13.2 Å². The molecule has 0 aliphatic carbocycles. The van der Waals surface area contributed by atoms with E-state index in [1.807, 2.05) is 0 Å². The number of carbonyl (C=O) groups is 2. The van der Waals surface area contributed by atoms with Crippen molar-refractivity contribution >= 4 is 11.9 Å². The van der Waals surface area contributed by atoms with E-state index in [0.29, 0.717) is 18.6 Å². The Labute approximate surface area is 372 Å². The Morgan fingerprint density at radius 2 is 0.733 bits per heavy atom. The average Bonchev–Trinajstić information content (AvgIpc) is 3.24. The van der Waals surface area contributed by atoms with Gasteiger partial charge in [-0.05, 0) is 77.0 Å². The van der Waals surface area contributed by atoms with Crippen molar-refractivity contribution < 1.29 is 23.8 Å². The Kier molecular flexibility index (Phi) is 46.5. The highest BCUT2D eigenvalue weighted by Crippen LogP contribution is 2.17. The Bertz CT molecular complexity index is 1100. The van der Waals surface area contributed by atoms with Crippen LogP contribution in [0.1, 0.15) is 245 Å². The Morgan fingerprint density at radius 1 is 0.400 bits per heavy atom.